The third-order valence-electron chi connectivity index (χ3n) is 3.00. The summed E-state index contributed by atoms with van der Waals surface area (Å²) in [5.41, 5.74) is 1.47. The smallest absolute Gasteiger partial charge is 0.206 e. The predicted molar refractivity (Wildman–Crippen MR) is 87.2 cm³/mol. The number of thiazole rings is 1. The molecule has 2 heterocycles. The second-order valence-electron chi connectivity index (χ2n) is 4.47. The van der Waals surface area contributed by atoms with Gasteiger partial charge in [0.05, 0.1) is 12.5 Å². The number of aromatic hydroxyl groups is 1. The van der Waals surface area contributed by atoms with Crippen LogP contribution in [0.15, 0.2) is 62.6 Å². The minimum Gasteiger partial charge on any atom is -0.507 e. The van der Waals surface area contributed by atoms with Gasteiger partial charge in [0, 0.05) is 17.5 Å². The fourth-order valence-electron chi connectivity index (χ4n) is 1.97. The van der Waals surface area contributed by atoms with Crippen molar-refractivity contribution >= 4 is 17.6 Å². The van der Waals surface area contributed by atoms with Crippen molar-refractivity contribution in [2.75, 3.05) is 6.54 Å². The van der Waals surface area contributed by atoms with E-state index in [4.69, 9.17) is 4.42 Å². The lowest BCUT2D eigenvalue weighted by atomic mass is 10.2. The molecule has 0 spiro atoms. The van der Waals surface area contributed by atoms with E-state index in [0.29, 0.717) is 12.1 Å². The molecule has 0 saturated heterocycles. The molecule has 0 amide bonds. The van der Waals surface area contributed by atoms with Crippen molar-refractivity contribution in [1.29, 1.82) is 0 Å². The van der Waals surface area contributed by atoms with Crippen LogP contribution in [0.5, 0.6) is 5.75 Å². The Labute approximate surface area is 131 Å². The number of rotatable bonds is 4. The molecular formula is C16H15N3O2S. The molecule has 1 aromatic carbocycles. The highest BCUT2D eigenvalue weighted by Crippen LogP contribution is 2.20. The number of para-hydroxylation sites is 1. The topological polar surface area (TPSA) is 63.0 Å². The lowest BCUT2D eigenvalue weighted by Gasteiger charge is -2.01. The maximum Gasteiger partial charge on any atom is 0.206 e. The number of hydrogen-bond donors (Lipinski definition) is 1. The van der Waals surface area contributed by atoms with Gasteiger partial charge in [-0.25, -0.2) is 4.68 Å². The summed E-state index contributed by atoms with van der Waals surface area (Å²) in [6, 6.07) is 10.8. The van der Waals surface area contributed by atoms with Gasteiger partial charge in [0.2, 0.25) is 4.80 Å². The Bertz CT molecular complexity index is 844. The van der Waals surface area contributed by atoms with E-state index >= 15 is 0 Å². The Balaban J connectivity index is 2.07. The molecule has 112 valence electrons. The minimum atomic E-state index is 0.190. The molecule has 0 fully saturated rings. The average Bonchev–Trinajstić information content (AvgIpc) is 3.16. The molecule has 2 aromatic heterocycles. The fraction of sp³-hybridized carbons (Fsp3) is 0.125. The third kappa shape index (κ3) is 2.87. The molecule has 1 N–H and O–H groups in total. The number of furan rings is 1. The van der Waals surface area contributed by atoms with Crippen LogP contribution >= 0.6 is 11.3 Å². The summed E-state index contributed by atoms with van der Waals surface area (Å²) in [5, 5.41) is 16.2. The molecule has 22 heavy (non-hydrogen) atoms. The Morgan fingerprint density at radius 2 is 2.14 bits per heavy atom. The van der Waals surface area contributed by atoms with Crippen LogP contribution in [0.2, 0.25) is 0 Å². The van der Waals surface area contributed by atoms with Crippen LogP contribution < -0.4 is 4.80 Å². The third-order valence-corrected chi connectivity index (χ3v) is 3.86. The van der Waals surface area contributed by atoms with Gasteiger partial charge in [-0.3, -0.25) is 4.99 Å². The highest BCUT2D eigenvalue weighted by molar-refractivity contribution is 7.07. The monoisotopic (exact) mass is 313 g/mol. The van der Waals surface area contributed by atoms with E-state index in [2.05, 4.69) is 10.1 Å². The van der Waals surface area contributed by atoms with Crippen LogP contribution in [-0.4, -0.2) is 22.5 Å². The number of hydrogen-bond acceptors (Lipinski definition) is 5. The van der Waals surface area contributed by atoms with Crippen molar-refractivity contribution in [3.05, 3.63) is 58.4 Å². The molecule has 0 bridgehead atoms. The number of phenols is 1. The Hall–Kier alpha value is -2.60. The van der Waals surface area contributed by atoms with Gasteiger partial charge in [-0.2, -0.15) is 5.10 Å². The standard InChI is InChI=1S/C16H15N3O2S/c1-2-17-16-19(13(11-22-16)15-8-5-9-21-15)18-10-12-6-3-4-7-14(12)20/h3-11,20H,2H2,1H3. The Morgan fingerprint density at radius 3 is 2.86 bits per heavy atom. The van der Waals surface area contributed by atoms with Gasteiger partial charge in [-0.05, 0) is 31.2 Å². The maximum absolute atomic E-state index is 9.83. The highest BCUT2D eigenvalue weighted by Gasteiger charge is 2.09. The lowest BCUT2D eigenvalue weighted by Crippen LogP contribution is -2.12. The van der Waals surface area contributed by atoms with E-state index in [9.17, 15) is 5.11 Å². The zero-order valence-electron chi connectivity index (χ0n) is 12.0. The predicted octanol–water partition coefficient (Wildman–Crippen LogP) is 3.32. The molecule has 6 heteroatoms. The molecule has 3 aromatic rings. The molecular weight excluding hydrogens is 298 g/mol. The summed E-state index contributed by atoms with van der Waals surface area (Å²) in [5.74, 6) is 0.916. The second-order valence-corrected chi connectivity index (χ2v) is 5.31. The SMILES string of the molecule is CCN=c1scc(-c2ccco2)n1N=Cc1ccccc1O. The van der Waals surface area contributed by atoms with Crippen LogP contribution in [0.4, 0.5) is 0 Å². The summed E-state index contributed by atoms with van der Waals surface area (Å²) in [4.78, 5) is 5.21. The largest absolute Gasteiger partial charge is 0.507 e. The van der Waals surface area contributed by atoms with E-state index < -0.39 is 0 Å². The van der Waals surface area contributed by atoms with E-state index in [1.54, 1.807) is 35.4 Å². The van der Waals surface area contributed by atoms with Crippen molar-refractivity contribution in [2.24, 2.45) is 10.1 Å². The van der Waals surface area contributed by atoms with Gasteiger partial charge < -0.3 is 9.52 Å². The molecule has 0 aliphatic heterocycles. The molecule has 0 atom stereocenters. The fourth-order valence-corrected chi connectivity index (χ4v) is 2.85. The van der Waals surface area contributed by atoms with Crippen LogP contribution in [-0.2, 0) is 0 Å². The molecule has 0 aliphatic carbocycles. The molecule has 0 aliphatic rings. The molecule has 0 saturated carbocycles. The van der Waals surface area contributed by atoms with Crippen LogP contribution in [0.3, 0.4) is 0 Å². The highest BCUT2D eigenvalue weighted by atomic mass is 32.1. The zero-order chi connectivity index (χ0) is 15.4. The van der Waals surface area contributed by atoms with E-state index in [1.807, 2.05) is 30.5 Å². The lowest BCUT2D eigenvalue weighted by molar-refractivity contribution is 0.474. The first-order valence-electron chi connectivity index (χ1n) is 6.87. The molecule has 0 radical (unpaired) electrons. The van der Waals surface area contributed by atoms with Gasteiger partial charge in [-0.15, -0.1) is 11.3 Å². The quantitative estimate of drug-likeness (QED) is 0.751. The first kappa shape index (κ1) is 14.3. The Kier molecular flexibility index (Phi) is 4.20. The normalized spacial score (nSPS) is 12.3. The maximum atomic E-state index is 9.83. The van der Waals surface area contributed by atoms with Crippen molar-refractivity contribution in [1.82, 2.24) is 4.68 Å². The summed E-state index contributed by atoms with van der Waals surface area (Å²) < 4.78 is 7.17. The molecule has 0 unspecified atom stereocenters. The van der Waals surface area contributed by atoms with Gasteiger partial charge in [0.25, 0.3) is 0 Å². The van der Waals surface area contributed by atoms with Crippen LogP contribution in [0.25, 0.3) is 11.5 Å². The average molecular weight is 313 g/mol. The van der Waals surface area contributed by atoms with Crippen LogP contribution in [0, 0.1) is 0 Å². The van der Waals surface area contributed by atoms with E-state index in [-0.39, 0.29) is 5.75 Å². The van der Waals surface area contributed by atoms with E-state index in [0.717, 1.165) is 16.3 Å². The number of benzene rings is 1. The van der Waals surface area contributed by atoms with Crippen molar-refractivity contribution in [3.63, 3.8) is 0 Å². The van der Waals surface area contributed by atoms with Gasteiger partial charge >= 0.3 is 0 Å². The summed E-state index contributed by atoms with van der Waals surface area (Å²) >= 11 is 1.50. The number of phenolic OH excluding ortho intramolecular Hbond substituents is 1. The van der Waals surface area contributed by atoms with Gasteiger partial charge in [0.1, 0.15) is 11.4 Å². The van der Waals surface area contributed by atoms with Crippen molar-refractivity contribution < 1.29 is 9.52 Å². The van der Waals surface area contributed by atoms with E-state index in [1.165, 1.54) is 11.3 Å². The number of nitrogens with zero attached hydrogens (tertiary/aromatic N) is 3. The van der Waals surface area contributed by atoms with Crippen molar-refractivity contribution in [2.45, 2.75) is 6.92 Å². The van der Waals surface area contributed by atoms with Gasteiger partial charge in [-0.1, -0.05) is 12.1 Å². The first-order chi connectivity index (χ1) is 10.8. The summed E-state index contributed by atoms with van der Waals surface area (Å²) in [7, 11) is 0. The Morgan fingerprint density at radius 1 is 1.27 bits per heavy atom. The molecule has 3 rings (SSSR count). The zero-order valence-corrected chi connectivity index (χ0v) is 12.8. The second kappa shape index (κ2) is 6.44. The summed E-state index contributed by atoms with van der Waals surface area (Å²) in [6.45, 7) is 2.65. The first-order valence-corrected chi connectivity index (χ1v) is 7.75. The molecule has 5 nitrogen and oxygen atoms in total. The van der Waals surface area contributed by atoms with Crippen LogP contribution in [0.1, 0.15) is 12.5 Å². The number of aromatic nitrogens is 1. The van der Waals surface area contributed by atoms with Crippen molar-refractivity contribution in [3.8, 4) is 17.2 Å². The summed E-state index contributed by atoms with van der Waals surface area (Å²) in [6.07, 6.45) is 3.24. The minimum absolute atomic E-state index is 0.190. The van der Waals surface area contributed by atoms with Gasteiger partial charge in [0.15, 0.2) is 5.76 Å².